The molecule has 3 heteroatoms. The van der Waals surface area contributed by atoms with E-state index < -0.39 is 0 Å². The van der Waals surface area contributed by atoms with Crippen LogP contribution in [-0.2, 0) is 5.41 Å². The number of nitrogens with zero attached hydrogens (tertiary/aromatic N) is 2. The molecule has 2 aliphatic rings. The number of anilines is 2. The van der Waals surface area contributed by atoms with Gasteiger partial charge in [-0.15, -0.1) is 0 Å². The van der Waals surface area contributed by atoms with E-state index in [1.807, 2.05) is 0 Å². The fraction of sp³-hybridized carbons (Fsp3) is 0.122. The maximum absolute atomic E-state index is 3.71. The number of hydrogen-bond donors (Lipinski definition) is 1. The Bertz CT molecular complexity index is 2260. The van der Waals surface area contributed by atoms with Gasteiger partial charge in [0, 0.05) is 34.5 Å². The van der Waals surface area contributed by atoms with Crippen molar-refractivity contribution in [3.63, 3.8) is 0 Å². The summed E-state index contributed by atoms with van der Waals surface area (Å²) >= 11 is 0. The van der Waals surface area contributed by atoms with Crippen LogP contribution in [0.15, 0.2) is 133 Å². The van der Waals surface area contributed by atoms with E-state index in [2.05, 4.69) is 169 Å². The average Bonchev–Trinajstić information content (AvgIpc) is 3.66. The summed E-state index contributed by atoms with van der Waals surface area (Å²) in [4.78, 5) is 2.34. The van der Waals surface area contributed by atoms with Crippen LogP contribution in [0.3, 0.4) is 0 Å². The molecule has 1 unspecified atom stereocenters. The highest BCUT2D eigenvalue weighted by Crippen LogP contribution is 2.53. The molecule has 0 fully saturated rings. The minimum Gasteiger partial charge on any atom is -0.360 e. The summed E-state index contributed by atoms with van der Waals surface area (Å²) in [5.41, 5.74) is 15.2. The Labute approximate surface area is 258 Å². The predicted molar refractivity (Wildman–Crippen MR) is 185 cm³/mol. The molecule has 0 amide bonds. The first-order valence-electron chi connectivity index (χ1n) is 15.5. The van der Waals surface area contributed by atoms with Crippen LogP contribution in [-0.4, -0.2) is 11.6 Å². The molecule has 7 aromatic rings. The molecule has 6 aromatic carbocycles. The van der Waals surface area contributed by atoms with Crippen molar-refractivity contribution in [2.45, 2.75) is 25.4 Å². The summed E-state index contributed by atoms with van der Waals surface area (Å²) in [5.74, 6) is 0. The Morgan fingerprint density at radius 3 is 2.30 bits per heavy atom. The van der Waals surface area contributed by atoms with Crippen LogP contribution >= 0.6 is 0 Å². The Hall–Kier alpha value is -5.28. The van der Waals surface area contributed by atoms with Gasteiger partial charge in [-0.3, -0.25) is 0 Å². The molecule has 9 rings (SSSR count). The first-order valence-corrected chi connectivity index (χ1v) is 15.5. The Kier molecular flexibility index (Phi) is 5.23. The van der Waals surface area contributed by atoms with Gasteiger partial charge >= 0.3 is 0 Å². The highest BCUT2D eigenvalue weighted by atomic mass is 15.3. The quantitative estimate of drug-likeness (QED) is 0.229. The number of aromatic nitrogens is 1. The second kappa shape index (κ2) is 9.11. The molecular formula is C41H33N3. The zero-order chi connectivity index (χ0) is 29.6. The lowest BCUT2D eigenvalue weighted by Gasteiger charge is -2.22. The zero-order valence-electron chi connectivity index (χ0n) is 25.2. The highest BCUT2D eigenvalue weighted by Gasteiger charge is 2.37. The number of benzene rings is 6. The van der Waals surface area contributed by atoms with Gasteiger partial charge in [0.2, 0.25) is 0 Å². The standard InChI is InChI=1S/C41H33N3/c1-41(2)33-18-9-7-17-32(33)38-34(41)22-21-31-30-16-8-10-19-36(30)44(39(31)38)29-15-11-14-27(24-29)28-20-23-35-37(25-28)43(3)40(42-35)26-12-5-4-6-13-26/h4-25,40,42H,1-3H3. The van der Waals surface area contributed by atoms with Gasteiger partial charge in [0.25, 0.3) is 0 Å². The van der Waals surface area contributed by atoms with E-state index in [1.165, 1.54) is 77.8 Å². The lowest BCUT2D eigenvalue weighted by atomic mass is 9.82. The SMILES string of the molecule is CN1c2cc(-c3cccc(-n4c5ccccc5c5ccc6c(c54)-c4ccccc4C6(C)C)c3)ccc2NC1c1ccccc1. The smallest absolute Gasteiger partial charge is 0.125 e. The van der Waals surface area contributed by atoms with Gasteiger partial charge in [-0.2, -0.15) is 0 Å². The van der Waals surface area contributed by atoms with E-state index in [4.69, 9.17) is 0 Å². The first-order chi connectivity index (χ1) is 21.5. The van der Waals surface area contributed by atoms with E-state index in [-0.39, 0.29) is 11.6 Å². The summed E-state index contributed by atoms with van der Waals surface area (Å²) in [7, 11) is 2.18. The van der Waals surface area contributed by atoms with Crippen molar-refractivity contribution in [1.82, 2.24) is 4.57 Å². The molecule has 212 valence electrons. The van der Waals surface area contributed by atoms with Crippen LogP contribution in [0.25, 0.3) is 49.7 Å². The van der Waals surface area contributed by atoms with E-state index >= 15 is 0 Å². The molecule has 44 heavy (non-hydrogen) atoms. The number of rotatable bonds is 3. The first kappa shape index (κ1) is 25.2. The summed E-state index contributed by atoms with van der Waals surface area (Å²) in [6.45, 7) is 4.72. The summed E-state index contributed by atoms with van der Waals surface area (Å²) in [6, 6.07) is 49.0. The predicted octanol–water partition coefficient (Wildman–Crippen LogP) is 10.3. The van der Waals surface area contributed by atoms with E-state index in [0.29, 0.717) is 0 Å². The van der Waals surface area contributed by atoms with Gasteiger partial charge in [-0.1, -0.05) is 117 Å². The maximum atomic E-state index is 3.71. The second-order valence-electron chi connectivity index (χ2n) is 12.8. The number of fused-ring (bicyclic) bond motifs is 8. The van der Waals surface area contributed by atoms with Crippen LogP contribution in [0, 0.1) is 0 Å². The third-order valence-electron chi connectivity index (χ3n) is 9.99. The zero-order valence-corrected chi connectivity index (χ0v) is 25.2. The van der Waals surface area contributed by atoms with Crippen LogP contribution < -0.4 is 10.2 Å². The van der Waals surface area contributed by atoms with Gasteiger partial charge in [0.1, 0.15) is 6.17 Å². The van der Waals surface area contributed by atoms with Gasteiger partial charge in [0.15, 0.2) is 0 Å². The van der Waals surface area contributed by atoms with Crippen molar-refractivity contribution in [2.24, 2.45) is 0 Å². The number of hydrogen-bond acceptors (Lipinski definition) is 2. The normalized spacial score (nSPS) is 16.2. The molecule has 1 N–H and O–H groups in total. The van der Waals surface area contributed by atoms with E-state index in [9.17, 15) is 0 Å². The molecule has 1 aromatic heterocycles. The molecule has 1 aliphatic carbocycles. The fourth-order valence-electron chi connectivity index (χ4n) is 7.79. The van der Waals surface area contributed by atoms with Gasteiger partial charge in [-0.25, -0.2) is 0 Å². The van der Waals surface area contributed by atoms with Crippen molar-refractivity contribution in [2.75, 3.05) is 17.3 Å². The Balaban J connectivity index is 1.23. The molecule has 1 atom stereocenters. The minimum absolute atomic E-state index is 0.0503. The highest BCUT2D eigenvalue weighted by molar-refractivity contribution is 6.15. The molecule has 0 bridgehead atoms. The van der Waals surface area contributed by atoms with Crippen molar-refractivity contribution >= 4 is 33.2 Å². The molecule has 0 saturated carbocycles. The van der Waals surface area contributed by atoms with Crippen LogP contribution in [0.1, 0.15) is 36.7 Å². The summed E-state index contributed by atoms with van der Waals surface area (Å²) in [6.07, 6.45) is 0.125. The monoisotopic (exact) mass is 567 g/mol. The molecule has 0 saturated heterocycles. The van der Waals surface area contributed by atoms with Crippen molar-refractivity contribution in [1.29, 1.82) is 0 Å². The molecule has 3 nitrogen and oxygen atoms in total. The van der Waals surface area contributed by atoms with E-state index in [1.54, 1.807) is 0 Å². The van der Waals surface area contributed by atoms with Crippen LogP contribution in [0.5, 0.6) is 0 Å². The molecular weight excluding hydrogens is 534 g/mol. The fourth-order valence-corrected chi connectivity index (χ4v) is 7.79. The second-order valence-corrected chi connectivity index (χ2v) is 12.8. The minimum atomic E-state index is -0.0503. The Morgan fingerprint density at radius 1 is 0.636 bits per heavy atom. The van der Waals surface area contributed by atoms with Crippen LogP contribution in [0.4, 0.5) is 11.4 Å². The third-order valence-corrected chi connectivity index (χ3v) is 9.99. The van der Waals surface area contributed by atoms with Gasteiger partial charge in [-0.05, 0) is 63.7 Å². The largest absolute Gasteiger partial charge is 0.360 e. The molecule has 0 spiro atoms. The Morgan fingerprint density at radius 2 is 1.41 bits per heavy atom. The van der Waals surface area contributed by atoms with Crippen LogP contribution in [0.2, 0.25) is 0 Å². The van der Waals surface area contributed by atoms with E-state index in [0.717, 1.165) is 0 Å². The van der Waals surface area contributed by atoms with Gasteiger partial charge < -0.3 is 14.8 Å². The molecule has 0 radical (unpaired) electrons. The lowest BCUT2D eigenvalue weighted by Crippen LogP contribution is -2.23. The van der Waals surface area contributed by atoms with Crippen molar-refractivity contribution < 1.29 is 0 Å². The summed E-state index contributed by atoms with van der Waals surface area (Å²) in [5, 5.41) is 6.30. The number of nitrogens with one attached hydrogen (secondary N) is 1. The molecule has 2 heterocycles. The van der Waals surface area contributed by atoms with Crippen molar-refractivity contribution in [3.8, 4) is 27.9 Å². The van der Waals surface area contributed by atoms with Crippen molar-refractivity contribution in [3.05, 3.63) is 150 Å². The third kappa shape index (κ3) is 3.44. The number of para-hydroxylation sites is 1. The average molecular weight is 568 g/mol. The lowest BCUT2D eigenvalue weighted by molar-refractivity contribution is 0.661. The molecule has 1 aliphatic heterocycles. The van der Waals surface area contributed by atoms with Gasteiger partial charge in [0.05, 0.1) is 22.4 Å². The topological polar surface area (TPSA) is 20.2 Å². The summed E-state index contributed by atoms with van der Waals surface area (Å²) < 4.78 is 2.50. The maximum Gasteiger partial charge on any atom is 0.125 e.